The lowest BCUT2D eigenvalue weighted by Crippen LogP contribution is -2.33. The first-order valence-electron chi connectivity index (χ1n) is 8.03. The zero-order valence-corrected chi connectivity index (χ0v) is 15.5. The molecule has 2 rings (SSSR count). The van der Waals surface area contributed by atoms with E-state index in [1.165, 1.54) is 11.8 Å². The molecule has 0 saturated heterocycles. The number of amides is 2. The molecule has 2 aromatic rings. The number of thioether (sulfide) groups is 1. The fraction of sp³-hybridized carbons (Fsp3) is 0.389. The van der Waals surface area contributed by atoms with Crippen LogP contribution in [0.4, 0.5) is 10.5 Å². The van der Waals surface area contributed by atoms with Gasteiger partial charge < -0.3 is 15.4 Å². The van der Waals surface area contributed by atoms with E-state index < -0.39 is 11.7 Å². The molecule has 0 aliphatic rings. The molecule has 2 N–H and O–H groups in total. The number of hydrogen-bond acceptors (Lipinski definition) is 5. The maximum atomic E-state index is 12.1. The predicted octanol–water partition coefficient (Wildman–Crippen LogP) is 3.43. The quantitative estimate of drug-likeness (QED) is 0.771. The molecule has 6 nitrogen and oxygen atoms in total. The van der Waals surface area contributed by atoms with Crippen molar-refractivity contribution in [3.05, 3.63) is 36.5 Å². The van der Waals surface area contributed by atoms with Crippen LogP contribution in [0, 0.1) is 0 Å². The Hall–Kier alpha value is -2.28. The number of carbonyl (C=O) groups is 2. The summed E-state index contributed by atoms with van der Waals surface area (Å²) in [6, 6.07) is 9.49. The molecule has 0 aliphatic carbocycles. The number of pyridine rings is 1. The largest absolute Gasteiger partial charge is 0.444 e. The van der Waals surface area contributed by atoms with Crippen LogP contribution in [0.15, 0.2) is 36.5 Å². The number of benzene rings is 1. The first kappa shape index (κ1) is 19.1. The highest BCUT2D eigenvalue weighted by atomic mass is 32.2. The van der Waals surface area contributed by atoms with Gasteiger partial charge in [-0.05, 0) is 32.9 Å². The summed E-state index contributed by atoms with van der Waals surface area (Å²) in [5.74, 6) is 0.833. The molecule has 1 aromatic carbocycles. The van der Waals surface area contributed by atoms with Gasteiger partial charge in [-0.25, -0.2) is 4.79 Å². The van der Waals surface area contributed by atoms with Gasteiger partial charge in [-0.1, -0.05) is 18.2 Å². The molecular formula is C18H23N3O3S. The molecule has 0 aliphatic heterocycles. The van der Waals surface area contributed by atoms with Crippen molar-refractivity contribution in [3.8, 4) is 0 Å². The second kappa shape index (κ2) is 8.71. The van der Waals surface area contributed by atoms with E-state index in [9.17, 15) is 9.59 Å². The number of fused-ring (bicyclic) bond motifs is 1. The number of nitrogens with one attached hydrogen (secondary N) is 2. The van der Waals surface area contributed by atoms with E-state index in [2.05, 4.69) is 15.6 Å². The number of para-hydroxylation sites is 1. The van der Waals surface area contributed by atoms with Crippen LogP contribution in [0.25, 0.3) is 10.9 Å². The van der Waals surface area contributed by atoms with Crippen LogP contribution in [-0.2, 0) is 9.53 Å². The molecule has 25 heavy (non-hydrogen) atoms. The Morgan fingerprint density at radius 2 is 1.96 bits per heavy atom. The lowest BCUT2D eigenvalue weighted by atomic mass is 10.2. The van der Waals surface area contributed by atoms with Crippen molar-refractivity contribution < 1.29 is 14.3 Å². The van der Waals surface area contributed by atoms with Crippen LogP contribution in [0.2, 0.25) is 0 Å². The van der Waals surface area contributed by atoms with E-state index in [-0.39, 0.29) is 5.91 Å². The Kier molecular flexibility index (Phi) is 6.64. The Morgan fingerprint density at radius 1 is 1.20 bits per heavy atom. The number of alkyl carbamates (subject to hydrolysis) is 1. The number of anilines is 1. The van der Waals surface area contributed by atoms with Crippen molar-refractivity contribution >= 4 is 40.4 Å². The van der Waals surface area contributed by atoms with Crippen LogP contribution in [-0.4, -0.2) is 40.6 Å². The highest BCUT2D eigenvalue weighted by Gasteiger charge is 2.15. The smallest absolute Gasteiger partial charge is 0.407 e. The van der Waals surface area contributed by atoms with Gasteiger partial charge in [0.1, 0.15) is 5.60 Å². The Balaban J connectivity index is 1.72. The van der Waals surface area contributed by atoms with Gasteiger partial charge in [0.15, 0.2) is 0 Å². The minimum absolute atomic E-state index is 0.0968. The molecule has 0 bridgehead atoms. The van der Waals surface area contributed by atoms with Gasteiger partial charge in [0.2, 0.25) is 5.91 Å². The fourth-order valence-corrected chi connectivity index (χ4v) is 2.74. The summed E-state index contributed by atoms with van der Waals surface area (Å²) < 4.78 is 5.14. The second-order valence-electron chi connectivity index (χ2n) is 6.41. The van der Waals surface area contributed by atoms with Crippen LogP contribution in [0.5, 0.6) is 0 Å². The topological polar surface area (TPSA) is 80.3 Å². The van der Waals surface area contributed by atoms with Crippen LogP contribution >= 0.6 is 11.8 Å². The number of rotatable bonds is 6. The lowest BCUT2D eigenvalue weighted by Gasteiger charge is -2.19. The van der Waals surface area contributed by atoms with Gasteiger partial charge in [-0.2, -0.15) is 11.8 Å². The van der Waals surface area contributed by atoms with E-state index in [0.29, 0.717) is 23.7 Å². The van der Waals surface area contributed by atoms with E-state index in [1.807, 2.05) is 51.1 Å². The summed E-state index contributed by atoms with van der Waals surface area (Å²) in [6.45, 7) is 5.89. The minimum Gasteiger partial charge on any atom is -0.444 e. The highest BCUT2D eigenvalue weighted by molar-refractivity contribution is 7.99. The first-order chi connectivity index (χ1) is 11.8. The number of nitrogens with zero attached hydrogens (tertiary/aromatic N) is 1. The zero-order valence-electron chi connectivity index (χ0n) is 14.7. The van der Waals surface area contributed by atoms with Gasteiger partial charge in [0.25, 0.3) is 0 Å². The van der Waals surface area contributed by atoms with E-state index in [0.717, 1.165) is 10.9 Å². The monoisotopic (exact) mass is 361 g/mol. The standard InChI is InChI=1S/C18H23N3O3S/c1-18(2,3)24-17(23)20-10-11-25-12-15(22)21-14-8-4-6-13-7-5-9-19-16(13)14/h4-9H,10-12H2,1-3H3,(H,20,23)(H,21,22). The number of ether oxygens (including phenoxy) is 1. The molecule has 0 fully saturated rings. The summed E-state index contributed by atoms with van der Waals surface area (Å²) in [7, 11) is 0. The van der Waals surface area contributed by atoms with Crippen molar-refractivity contribution in [1.82, 2.24) is 10.3 Å². The minimum atomic E-state index is -0.510. The van der Waals surface area contributed by atoms with Gasteiger partial charge in [0, 0.05) is 23.9 Å². The third-order valence-corrected chi connectivity index (χ3v) is 4.01. The van der Waals surface area contributed by atoms with Crippen molar-refractivity contribution in [2.24, 2.45) is 0 Å². The Bertz CT molecular complexity index is 738. The number of aromatic nitrogens is 1. The maximum Gasteiger partial charge on any atom is 0.407 e. The van der Waals surface area contributed by atoms with Gasteiger partial charge in [-0.15, -0.1) is 0 Å². The summed E-state index contributed by atoms with van der Waals surface area (Å²) in [4.78, 5) is 27.9. The zero-order chi connectivity index (χ0) is 18.3. The van der Waals surface area contributed by atoms with Crippen molar-refractivity contribution in [2.75, 3.05) is 23.4 Å². The van der Waals surface area contributed by atoms with Gasteiger partial charge >= 0.3 is 6.09 Å². The predicted molar refractivity (Wildman–Crippen MR) is 102 cm³/mol. The number of carbonyl (C=O) groups excluding carboxylic acids is 2. The van der Waals surface area contributed by atoms with E-state index >= 15 is 0 Å². The summed E-state index contributed by atoms with van der Waals surface area (Å²) in [5, 5.41) is 6.53. The molecule has 1 aromatic heterocycles. The number of hydrogen-bond donors (Lipinski definition) is 2. The average molecular weight is 361 g/mol. The lowest BCUT2D eigenvalue weighted by molar-refractivity contribution is -0.113. The molecule has 0 radical (unpaired) electrons. The molecule has 7 heteroatoms. The highest BCUT2D eigenvalue weighted by Crippen LogP contribution is 2.20. The molecular weight excluding hydrogens is 338 g/mol. The summed E-state index contributed by atoms with van der Waals surface area (Å²) in [5.41, 5.74) is 0.967. The molecule has 1 heterocycles. The summed E-state index contributed by atoms with van der Waals surface area (Å²) >= 11 is 1.44. The Morgan fingerprint density at radius 3 is 2.72 bits per heavy atom. The van der Waals surface area contributed by atoms with Crippen molar-refractivity contribution in [2.45, 2.75) is 26.4 Å². The fourth-order valence-electron chi connectivity index (χ4n) is 2.10. The molecule has 0 unspecified atom stereocenters. The molecule has 134 valence electrons. The summed E-state index contributed by atoms with van der Waals surface area (Å²) in [6.07, 6.45) is 1.26. The second-order valence-corrected chi connectivity index (χ2v) is 7.52. The molecule has 0 spiro atoms. The maximum absolute atomic E-state index is 12.1. The van der Waals surface area contributed by atoms with E-state index in [4.69, 9.17) is 4.74 Å². The van der Waals surface area contributed by atoms with Crippen LogP contribution in [0.3, 0.4) is 0 Å². The van der Waals surface area contributed by atoms with E-state index in [1.54, 1.807) is 6.20 Å². The van der Waals surface area contributed by atoms with Crippen molar-refractivity contribution in [3.63, 3.8) is 0 Å². The first-order valence-corrected chi connectivity index (χ1v) is 9.19. The van der Waals surface area contributed by atoms with Crippen LogP contribution < -0.4 is 10.6 Å². The van der Waals surface area contributed by atoms with Crippen molar-refractivity contribution in [1.29, 1.82) is 0 Å². The SMILES string of the molecule is CC(C)(C)OC(=O)NCCSCC(=O)Nc1cccc2cccnc12. The Labute approximate surface area is 151 Å². The molecule has 2 amide bonds. The van der Waals surface area contributed by atoms with Gasteiger partial charge in [-0.3, -0.25) is 9.78 Å². The normalized spacial score (nSPS) is 11.2. The molecule has 0 saturated carbocycles. The van der Waals surface area contributed by atoms with Gasteiger partial charge in [0.05, 0.1) is 17.0 Å². The molecule has 0 atom stereocenters. The third-order valence-electron chi connectivity index (χ3n) is 3.05. The third kappa shape index (κ3) is 6.62. The van der Waals surface area contributed by atoms with Crippen LogP contribution in [0.1, 0.15) is 20.8 Å². The average Bonchev–Trinajstić information content (AvgIpc) is 2.53.